The molecule has 0 amide bonds. The lowest BCUT2D eigenvalue weighted by molar-refractivity contribution is 0.102. The molecule has 2 unspecified atom stereocenters. The lowest BCUT2D eigenvalue weighted by atomic mass is 9.72. The summed E-state index contributed by atoms with van der Waals surface area (Å²) in [5.41, 5.74) is 15.4. The van der Waals surface area contributed by atoms with Crippen LogP contribution in [0.4, 0.5) is 0 Å². The molecule has 0 aliphatic heterocycles. The van der Waals surface area contributed by atoms with Crippen LogP contribution in [0.2, 0.25) is 0 Å². The maximum absolute atomic E-state index is 13.8. The molecule has 3 nitrogen and oxygen atoms in total. The number of rotatable bonds is 17. The molecule has 9 rings (SSSR count). The molecule has 0 bridgehead atoms. The Bertz CT molecular complexity index is 3180. The van der Waals surface area contributed by atoms with Crippen molar-refractivity contribution >= 4 is 29.5 Å². The van der Waals surface area contributed by atoms with Gasteiger partial charge in [0, 0.05) is 33.4 Å². The van der Waals surface area contributed by atoms with Crippen molar-refractivity contribution in [3.63, 3.8) is 0 Å². The van der Waals surface area contributed by atoms with Crippen LogP contribution in [-0.2, 0) is 5.41 Å². The van der Waals surface area contributed by atoms with Gasteiger partial charge in [0.25, 0.3) is 0 Å². The zero-order valence-corrected chi connectivity index (χ0v) is 54.1. The van der Waals surface area contributed by atoms with Crippen molar-refractivity contribution < 1.29 is 14.4 Å². The Morgan fingerprint density at radius 2 is 0.833 bits per heavy atom. The summed E-state index contributed by atoms with van der Waals surface area (Å²) in [7, 11) is 0. The molecule has 0 N–H and O–H groups in total. The van der Waals surface area contributed by atoms with Gasteiger partial charge in [0.05, 0.1) is 0 Å². The molecule has 6 aromatic rings. The van der Waals surface area contributed by atoms with E-state index in [-0.39, 0.29) is 22.8 Å². The van der Waals surface area contributed by atoms with Crippen LogP contribution in [0, 0.1) is 23.7 Å². The maximum Gasteiger partial charge on any atom is 0.193 e. The number of hydrogen-bond acceptors (Lipinski definition) is 3. The highest BCUT2D eigenvalue weighted by Gasteiger charge is 2.31. The van der Waals surface area contributed by atoms with E-state index in [0.29, 0.717) is 35.5 Å². The van der Waals surface area contributed by atoms with Crippen molar-refractivity contribution in [1.82, 2.24) is 0 Å². The van der Waals surface area contributed by atoms with Crippen LogP contribution in [0.5, 0.6) is 0 Å². The molecule has 3 heteroatoms. The number of benzene rings is 6. The normalized spacial score (nSPS) is 18.5. The van der Waals surface area contributed by atoms with Crippen LogP contribution in [-0.4, -0.2) is 17.3 Å². The molecule has 3 aliphatic rings. The Hall–Kier alpha value is -6.19. The van der Waals surface area contributed by atoms with Crippen LogP contribution in [0.25, 0.3) is 12.2 Å². The summed E-state index contributed by atoms with van der Waals surface area (Å²) >= 11 is 0. The molecule has 446 valence electrons. The Kier molecular flexibility index (Phi) is 23.5. The quantitative estimate of drug-likeness (QED) is 0.0855. The Morgan fingerprint density at radius 3 is 1.26 bits per heavy atom. The van der Waals surface area contributed by atoms with Crippen molar-refractivity contribution in [2.75, 3.05) is 0 Å². The first-order valence-electron chi connectivity index (χ1n) is 32.7. The Labute approximate surface area is 509 Å². The smallest absolute Gasteiger partial charge is 0.193 e. The van der Waals surface area contributed by atoms with E-state index < -0.39 is 0 Å². The first-order valence-corrected chi connectivity index (χ1v) is 32.7. The number of carbonyl (C=O) groups excluding carboxylic acids is 3. The highest BCUT2D eigenvalue weighted by Crippen LogP contribution is 2.43. The van der Waals surface area contributed by atoms with Crippen molar-refractivity contribution in [3.8, 4) is 0 Å². The minimum atomic E-state index is -0.0661. The van der Waals surface area contributed by atoms with Gasteiger partial charge in [0.15, 0.2) is 17.3 Å². The summed E-state index contributed by atoms with van der Waals surface area (Å²) in [5, 5.41) is 0. The van der Waals surface area contributed by atoms with Gasteiger partial charge in [0.1, 0.15) is 0 Å². The van der Waals surface area contributed by atoms with Gasteiger partial charge in [-0.1, -0.05) is 269 Å². The van der Waals surface area contributed by atoms with Gasteiger partial charge in [0.2, 0.25) is 0 Å². The summed E-state index contributed by atoms with van der Waals surface area (Å²) in [6.45, 7) is 36.8. The van der Waals surface area contributed by atoms with Crippen LogP contribution in [0.3, 0.4) is 0 Å². The average molecular weight is 1130 g/mol. The Morgan fingerprint density at radius 1 is 0.440 bits per heavy atom. The first-order chi connectivity index (χ1) is 40.1. The predicted octanol–water partition coefficient (Wildman–Crippen LogP) is 23.0. The second kappa shape index (κ2) is 30.2. The highest BCUT2D eigenvalue weighted by molar-refractivity contribution is 6.13. The van der Waals surface area contributed by atoms with E-state index in [4.69, 9.17) is 0 Å². The van der Waals surface area contributed by atoms with Gasteiger partial charge in [-0.15, -0.1) is 0 Å². The molecular formula is C81H104O3. The molecule has 3 saturated carbocycles. The second-order valence-electron chi connectivity index (χ2n) is 27.9. The van der Waals surface area contributed by atoms with Gasteiger partial charge < -0.3 is 0 Å². The monoisotopic (exact) mass is 1120 g/mol. The van der Waals surface area contributed by atoms with Crippen molar-refractivity contribution in [3.05, 3.63) is 224 Å². The number of ketones is 3. The molecule has 0 spiro atoms. The summed E-state index contributed by atoms with van der Waals surface area (Å²) in [6.07, 6.45) is 21.6. The van der Waals surface area contributed by atoms with Crippen molar-refractivity contribution in [2.45, 2.75) is 221 Å². The first kappa shape index (κ1) is 65.4. The molecule has 0 heterocycles. The summed E-state index contributed by atoms with van der Waals surface area (Å²) < 4.78 is 0. The third kappa shape index (κ3) is 16.6. The fourth-order valence-corrected chi connectivity index (χ4v) is 14.2. The minimum Gasteiger partial charge on any atom is -0.289 e. The summed E-state index contributed by atoms with van der Waals surface area (Å²) in [4.78, 5) is 40.7. The van der Waals surface area contributed by atoms with E-state index in [9.17, 15) is 14.4 Å². The fraction of sp³-hybridized carbons (Fsp3) is 0.469. The van der Waals surface area contributed by atoms with Crippen molar-refractivity contribution in [1.29, 1.82) is 0 Å². The van der Waals surface area contributed by atoms with Crippen LogP contribution in [0.1, 0.15) is 313 Å². The molecule has 0 saturated heterocycles. The van der Waals surface area contributed by atoms with Gasteiger partial charge in [-0.25, -0.2) is 0 Å². The van der Waals surface area contributed by atoms with Crippen LogP contribution < -0.4 is 0 Å². The van der Waals surface area contributed by atoms with E-state index in [1.54, 1.807) is 6.08 Å². The largest absolute Gasteiger partial charge is 0.289 e. The third-order valence-electron chi connectivity index (χ3n) is 18.9. The lowest BCUT2D eigenvalue weighted by Gasteiger charge is -2.33. The number of carbonyl (C=O) groups is 3. The molecule has 3 aliphatic carbocycles. The topological polar surface area (TPSA) is 51.2 Å². The summed E-state index contributed by atoms with van der Waals surface area (Å²) in [5.74, 6) is 6.25. The molecule has 6 aromatic carbocycles. The Balaban J connectivity index is 0.000000182. The van der Waals surface area contributed by atoms with Crippen LogP contribution >= 0.6 is 0 Å². The summed E-state index contributed by atoms with van der Waals surface area (Å²) in [6, 6.07) is 43.8. The van der Waals surface area contributed by atoms with E-state index in [1.807, 2.05) is 60.7 Å². The van der Waals surface area contributed by atoms with Crippen LogP contribution in [0.15, 0.2) is 141 Å². The van der Waals surface area contributed by atoms with Gasteiger partial charge in [-0.3, -0.25) is 14.4 Å². The van der Waals surface area contributed by atoms with E-state index in [0.717, 1.165) is 90.4 Å². The number of hydrogen-bond donors (Lipinski definition) is 0. The predicted molar refractivity (Wildman–Crippen MR) is 360 cm³/mol. The zero-order valence-electron chi connectivity index (χ0n) is 54.1. The average Bonchev–Trinajstić information content (AvgIpc) is 2.45. The molecule has 84 heavy (non-hydrogen) atoms. The maximum atomic E-state index is 13.8. The van der Waals surface area contributed by atoms with Gasteiger partial charge in [-0.2, -0.15) is 0 Å². The van der Waals surface area contributed by atoms with Gasteiger partial charge >= 0.3 is 0 Å². The zero-order chi connectivity index (χ0) is 60.8. The highest BCUT2D eigenvalue weighted by atomic mass is 16.1. The van der Waals surface area contributed by atoms with Crippen molar-refractivity contribution in [2.24, 2.45) is 23.7 Å². The fourth-order valence-electron chi connectivity index (χ4n) is 14.2. The standard InChI is InChI=1S/C29H40O.C28H36O.C24H28O/c1-19(2)21-11-10-12-22(17-21)23-15-16-27(29(5,6)7)26(18-23)28(30)25-14-9-8-13-24(25)20(3)4;1-6-22-14-15-24(23-11-9-10-21(17-23)16-19(2)3)18-27(22)28(29)26-13-8-7-12-25(26)20(4)5;1-4-18-14-15-20(19-10-6-5-7-11-19)16-23(18)24(25)22-13-9-8-12-21(22)17(2)3/h8-9,13-16,18-22H,10-12,17H2,1-7H3;6-8,12-15,18-21,23H,1,9-11,16-17H2,2-5H3;4,8-9,12-17,19H,1,5-7,10-11H2,2-3H3/t21-,22?;21-,23?;/m10./s1. The minimum absolute atomic E-state index is 0.0661. The third-order valence-corrected chi connectivity index (χ3v) is 18.9. The molecule has 4 atom stereocenters. The van der Waals surface area contributed by atoms with E-state index >= 15 is 0 Å². The molecular weight excluding hydrogens is 1020 g/mol. The van der Waals surface area contributed by atoms with E-state index in [2.05, 4.69) is 176 Å². The van der Waals surface area contributed by atoms with Gasteiger partial charge in [-0.05, 0) is 178 Å². The van der Waals surface area contributed by atoms with E-state index in [1.165, 1.54) is 107 Å². The lowest BCUT2D eigenvalue weighted by Crippen LogP contribution is -2.21. The molecule has 0 aromatic heterocycles. The second-order valence-corrected chi connectivity index (χ2v) is 27.9. The molecule has 3 fully saturated rings. The molecule has 0 radical (unpaired) electrons. The SMILES string of the molecule is C=Cc1ccc(C2CCCCC2)cc1C(=O)c1ccccc1C(C)C.C=Cc1ccc(C2CCC[C@@H](CC(C)C)C2)cc1C(=O)c1ccccc1C(C)C.CC(C)c1ccccc1C(=O)c1cc(C2CCC[C@@H](C(C)C)C2)ccc1C(C)(C)C.